The lowest BCUT2D eigenvalue weighted by Crippen LogP contribution is -2.24. The molecule has 0 bridgehead atoms. The maximum Gasteiger partial charge on any atom is 0.0904 e. The molecule has 3 aromatic rings. The Bertz CT molecular complexity index is 746. The topological polar surface area (TPSA) is 6.48 Å². The number of hydrogen-bond donors (Lipinski definition) is 0. The van der Waals surface area contributed by atoms with E-state index in [9.17, 15) is 0 Å². The lowest BCUT2D eigenvalue weighted by Gasteiger charge is -2.22. The predicted molar refractivity (Wildman–Crippen MR) is 89.9 cm³/mol. The van der Waals surface area contributed by atoms with Gasteiger partial charge in [-0.3, -0.25) is 0 Å². The molecular formula is C19H18N2. The van der Waals surface area contributed by atoms with Gasteiger partial charge >= 0.3 is 0 Å². The quantitative estimate of drug-likeness (QED) is 0.693. The minimum Gasteiger partial charge on any atom is -0.352 e. The average Bonchev–Trinajstić information content (AvgIpc) is 3.05. The maximum atomic E-state index is 2.47. The second-order valence-electron chi connectivity index (χ2n) is 5.50. The summed E-state index contributed by atoms with van der Waals surface area (Å²) in [5.41, 5.74) is 2.65. The number of anilines is 2. The molecule has 0 unspecified atom stereocenters. The minimum absolute atomic E-state index is 0.956. The highest BCUT2D eigenvalue weighted by molar-refractivity contribution is 5.94. The third kappa shape index (κ3) is 2.23. The first-order valence-corrected chi connectivity index (χ1v) is 7.44. The van der Waals surface area contributed by atoms with E-state index < -0.39 is 0 Å². The summed E-state index contributed by atoms with van der Waals surface area (Å²) in [4.78, 5) is 4.90. The molecule has 0 aromatic heterocycles. The van der Waals surface area contributed by atoms with Crippen LogP contribution in [-0.2, 0) is 0 Å². The van der Waals surface area contributed by atoms with E-state index in [1.807, 2.05) is 0 Å². The lowest BCUT2D eigenvalue weighted by atomic mass is 10.1. The summed E-state index contributed by atoms with van der Waals surface area (Å²) in [6.07, 6.45) is 0. The van der Waals surface area contributed by atoms with E-state index in [-0.39, 0.29) is 0 Å². The summed E-state index contributed by atoms with van der Waals surface area (Å²) < 4.78 is 0. The van der Waals surface area contributed by atoms with Crippen molar-refractivity contribution in [2.24, 2.45) is 0 Å². The fourth-order valence-corrected chi connectivity index (χ4v) is 3.12. The monoisotopic (exact) mass is 274 g/mol. The van der Waals surface area contributed by atoms with Gasteiger partial charge in [0.15, 0.2) is 0 Å². The zero-order chi connectivity index (χ0) is 14.1. The van der Waals surface area contributed by atoms with Gasteiger partial charge in [-0.2, -0.15) is 0 Å². The molecule has 1 fully saturated rings. The molecule has 1 aliphatic rings. The molecular weight excluding hydrogens is 256 g/mol. The van der Waals surface area contributed by atoms with Gasteiger partial charge in [-0.05, 0) is 23.6 Å². The van der Waals surface area contributed by atoms with Gasteiger partial charge in [-0.25, -0.2) is 0 Å². The normalized spacial score (nSPS) is 14.9. The summed E-state index contributed by atoms with van der Waals surface area (Å²) in [5, 5.41) is 2.66. The highest BCUT2D eigenvalue weighted by atomic mass is 15.4. The molecule has 2 heteroatoms. The van der Waals surface area contributed by atoms with Crippen LogP contribution in [0.3, 0.4) is 0 Å². The number of nitrogens with zero attached hydrogens (tertiary/aromatic N) is 2. The van der Waals surface area contributed by atoms with Gasteiger partial charge < -0.3 is 9.80 Å². The molecule has 3 aromatic carbocycles. The molecule has 1 aliphatic heterocycles. The molecule has 4 rings (SSSR count). The Hall–Kier alpha value is -2.48. The summed E-state index contributed by atoms with van der Waals surface area (Å²) in [5.74, 6) is 0. The fourth-order valence-electron chi connectivity index (χ4n) is 3.12. The second-order valence-corrected chi connectivity index (χ2v) is 5.50. The number of rotatable bonds is 2. The number of benzene rings is 3. The lowest BCUT2D eigenvalue weighted by molar-refractivity contribution is 0.953. The van der Waals surface area contributed by atoms with Crippen LogP contribution in [0.5, 0.6) is 0 Å². The van der Waals surface area contributed by atoms with E-state index >= 15 is 0 Å². The van der Waals surface area contributed by atoms with Crippen molar-refractivity contribution in [2.75, 3.05) is 29.6 Å². The molecule has 2 nitrogen and oxygen atoms in total. The number of fused-ring (bicyclic) bond motifs is 1. The Balaban J connectivity index is 1.66. The van der Waals surface area contributed by atoms with E-state index in [2.05, 4.69) is 82.6 Å². The highest BCUT2D eigenvalue weighted by Gasteiger charge is 2.21. The van der Waals surface area contributed by atoms with E-state index in [0.717, 1.165) is 19.8 Å². The first-order valence-electron chi connectivity index (χ1n) is 7.44. The van der Waals surface area contributed by atoms with Crippen LogP contribution in [0.25, 0.3) is 10.8 Å². The van der Waals surface area contributed by atoms with E-state index in [1.54, 1.807) is 0 Å². The summed E-state index contributed by atoms with van der Waals surface area (Å²) >= 11 is 0. The molecule has 0 atom stereocenters. The Labute approximate surface area is 125 Å². The van der Waals surface area contributed by atoms with E-state index in [1.165, 1.54) is 22.1 Å². The van der Waals surface area contributed by atoms with Crippen molar-refractivity contribution in [3.8, 4) is 0 Å². The van der Waals surface area contributed by atoms with Gasteiger partial charge in [-0.1, -0.05) is 54.6 Å². The van der Waals surface area contributed by atoms with Crippen LogP contribution >= 0.6 is 0 Å². The molecule has 1 saturated heterocycles. The van der Waals surface area contributed by atoms with Crippen LogP contribution in [0.2, 0.25) is 0 Å². The largest absolute Gasteiger partial charge is 0.352 e. The zero-order valence-electron chi connectivity index (χ0n) is 11.9. The van der Waals surface area contributed by atoms with Crippen molar-refractivity contribution in [1.29, 1.82) is 0 Å². The van der Waals surface area contributed by atoms with E-state index in [4.69, 9.17) is 0 Å². The first kappa shape index (κ1) is 12.3. The van der Waals surface area contributed by atoms with Crippen molar-refractivity contribution in [3.05, 3.63) is 72.8 Å². The smallest absolute Gasteiger partial charge is 0.0904 e. The van der Waals surface area contributed by atoms with Gasteiger partial charge in [0.25, 0.3) is 0 Å². The SMILES string of the molecule is c1ccc(N2CCN(c3cccc4ccccc34)C2)cc1. The Morgan fingerprint density at radius 1 is 0.619 bits per heavy atom. The van der Waals surface area contributed by atoms with Gasteiger partial charge in [0.05, 0.1) is 6.67 Å². The van der Waals surface area contributed by atoms with Crippen molar-refractivity contribution in [2.45, 2.75) is 0 Å². The van der Waals surface area contributed by atoms with Gasteiger partial charge in [0.2, 0.25) is 0 Å². The first-order chi connectivity index (χ1) is 10.4. The molecule has 0 spiro atoms. The van der Waals surface area contributed by atoms with Crippen LogP contribution in [0.1, 0.15) is 0 Å². The van der Waals surface area contributed by atoms with Crippen molar-refractivity contribution in [1.82, 2.24) is 0 Å². The summed E-state index contributed by atoms with van der Waals surface area (Å²) in [6, 6.07) is 25.9. The van der Waals surface area contributed by atoms with Crippen LogP contribution < -0.4 is 9.80 Å². The van der Waals surface area contributed by atoms with Crippen LogP contribution in [0.4, 0.5) is 11.4 Å². The summed E-state index contributed by atoms with van der Waals surface area (Å²) in [6.45, 7) is 3.11. The third-order valence-corrected chi connectivity index (χ3v) is 4.21. The molecule has 0 saturated carbocycles. The zero-order valence-corrected chi connectivity index (χ0v) is 11.9. The van der Waals surface area contributed by atoms with Crippen molar-refractivity contribution in [3.63, 3.8) is 0 Å². The molecule has 0 radical (unpaired) electrons. The Morgan fingerprint density at radius 2 is 1.33 bits per heavy atom. The van der Waals surface area contributed by atoms with Gasteiger partial charge in [0.1, 0.15) is 0 Å². The molecule has 21 heavy (non-hydrogen) atoms. The number of para-hydroxylation sites is 1. The van der Waals surface area contributed by atoms with Crippen LogP contribution in [0, 0.1) is 0 Å². The molecule has 1 heterocycles. The Morgan fingerprint density at radius 3 is 2.24 bits per heavy atom. The van der Waals surface area contributed by atoms with Crippen molar-refractivity contribution >= 4 is 22.1 Å². The summed E-state index contributed by atoms with van der Waals surface area (Å²) in [7, 11) is 0. The average molecular weight is 274 g/mol. The van der Waals surface area contributed by atoms with E-state index in [0.29, 0.717) is 0 Å². The fraction of sp³-hybridized carbons (Fsp3) is 0.158. The molecule has 0 amide bonds. The predicted octanol–water partition coefficient (Wildman–Crippen LogP) is 4.12. The number of hydrogen-bond acceptors (Lipinski definition) is 2. The second kappa shape index (κ2) is 5.13. The maximum absolute atomic E-state index is 2.47. The standard InChI is InChI=1S/C19H18N2/c1-2-9-17(10-3-1)20-13-14-21(15-20)19-12-6-8-16-7-4-5-11-18(16)19/h1-12H,13-15H2. The van der Waals surface area contributed by atoms with Crippen molar-refractivity contribution < 1.29 is 0 Å². The Kier molecular flexibility index (Phi) is 3.00. The molecule has 0 N–H and O–H groups in total. The van der Waals surface area contributed by atoms with Gasteiger partial charge in [0, 0.05) is 29.9 Å². The molecule has 104 valence electrons. The van der Waals surface area contributed by atoms with Crippen LogP contribution in [0.15, 0.2) is 72.8 Å². The molecule has 0 aliphatic carbocycles. The highest BCUT2D eigenvalue weighted by Crippen LogP contribution is 2.29. The minimum atomic E-state index is 0.956. The third-order valence-electron chi connectivity index (χ3n) is 4.21. The van der Waals surface area contributed by atoms with Gasteiger partial charge in [-0.15, -0.1) is 0 Å². The van der Waals surface area contributed by atoms with Crippen LogP contribution in [-0.4, -0.2) is 19.8 Å².